The second kappa shape index (κ2) is 13.3. The smallest absolute Gasteiger partial charge is 0.185 e. The van der Waals surface area contributed by atoms with Gasteiger partial charge in [-0.2, -0.15) is 0 Å². The van der Waals surface area contributed by atoms with Crippen LogP contribution >= 0.6 is 0 Å². The molecule has 45 heavy (non-hydrogen) atoms. The molecule has 4 saturated carbocycles. The highest BCUT2D eigenvalue weighted by molar-refractivity contribution is 6.06. The van der Waals surface area contributed by atoms with Gasteiger partial charge >= 0.3 is 0 Å². The first-order valence-corrected chi connectivity index (χ1v) is 18.3. The molecule has 0 radical (unpaired) electrons. The average molecular weight is 611 g/mol. The maximum atomic E-state index is 12.5. The van der Waals surface area contributed by atoms with Gasteiger partial charge in [0.25, 0.3) is 0 Å². The molecule has 4 aliphatic carbocycles. The van der Waals surface area contributed by atoms with Crippen molar-refractivity contribution >= 4 is 11.9 Å². The van der Waals surface area contributed by atoms with Gasteiger partial charge < -0.3 is 9.84 Å². The van der Waals surface area contributed by atoms with Crippen LogP contribution in [0.5, 0.6) is 11.5 Å². The minimum Gasteiger partial charge on any atom is -0.508 e. The fourth-order valence-electron chi connectivity index (χ4n) is 11.1. The van der Waals surface area contributed by atoms with E-state index in [1.165, 1.54) is 70.6 Å². The lowest BCUT2D eigenvalue weighted by Gasteiger charge is -2.61. The molecule has 2 aromatic carbocycles. The molecule has 0 aromatic heterocycles. The largest absolute Gasteiger partial charge is 0.508 e. The Morgan fingerprint density at radius 3 is 2.31 bits per heavy atom. The summed E-state index contributed by atoms with van der Waals surface area (Å²) in [6.07, 6.45) is 20.3. The third kappa shape index (κ3) is 6.66. The third-order valence-electron chi connectivity index (χ3n) is 13.6. The molecule has 0 spiro atoms. The Bertz CT molecular complexity index is 1320. The van der Waals surface area contributed by atoms with Gasteiger partial charge in [0.05, 0.1) is 6.10 Å². The summed E-state index contributed by atoms with van der Waals surface area (Å²) in [7, 11) is 0. The van der Waals surface area contributed by atoms with Gasteiger partial charge in [-0.25, -0.2) is 0 Å². The van der Waals surface area contributed by atoms with Crippen LogP contribution in [-0.4, -0.2) is 17.0 Å². The van der Waals surface area contributed by atoms with Crippen LogP contribution in [0.3, 0.4) is 0 Å². The number of carbonyl (C=O) groups is 1. The van der Waals surface area contributed by atoms with E-state index in [1.807, 2.05) is 18.2 Å². The standard InChI is InChI=1S/C42H58O3/c1-28(2)7-6-8-29(3)37-20-21-38-36-19-14-32-27-35(23-25-41(32,4)39(36)24-26-42(37,38)5)45-34-17-9-30(10-18-34)11-22-40(44)31-12-15-33(43)16-13-31/h9-13,15-18,22,28-29,32,35-39,43H,6-8,14,19-21,23-27H2,1-5H3/t29-,32?,35?,36+,37-,38+,39+,41+,42-/m1/s1. The van der Waals surface area contributed by atoms with Gasteiger partial charge in [-0.1, -0.05) is 72.1 Å². The van der Waals surface area contributed by atoms with E-state index in [4.69, 9.17) is 4.74 Å². The maximum absolute atomic E-state index is 12.5. The van der Waals surface area contributed by atoms with E-state index >= 15 is 0 Å². The molecule has 4 aliphatic rings. The lowest BCUT2D eigenvalue weighted by atomic mass is 9.44. The highest BCUT2D eigenvalue weighted by Gasteiger charge is 2.60. The number of ketones is 1. The van der Waals surface area contributed by atoms with Crippen LogP contribution in [0.15, 0.2) is 54.6 Å². The number of fused-ring (bicyclic) bond motifs is 5. The summed E-state index contributed by atoms with van der Waals surface area (Å²) >= 11 is 0. The summed E-state index contributed by atoms with van der Waals surface area (Å²) in [5, 5.41) is 9.46. The zero-order valence-corrected chi connectivity index (χ0v) is 28.6. The number of hydrogen-bond donors (Lipinski definition) is 1. The molecule has 0 amide bonds. The van der Waals surface area contributed by atoms with Crippen LogP contribution in [0.4, 0.5) is 0 Å². The van der Waals surface area contributed by atoms with Gasteiger partial charge in [-0.15, -0.1) is 0 Å². The summed E-state index contributed by atoms with van der Waals surface area (Å²) in [6.45, 7) is 12.7. The van der Waals surface area contributed by atoms with E-state index in [-0.39, 0.29) is 11.5 Å². The minimum atomic E-state index is -0.0719. The van der Waals surface area contributed by atoms with E-state index in [0.29, 0.717) is 22.5 Å². The second-order valence-corrected chi connectivity index (χ2v) is 16.5. The van der Waals surface area contributed by atoms with E-state index in [1.54, 1.807) is 30.3 Å². The first-order valence-electron chi connectivity index (χ1n) is 18.3. The van der Waals surface area contributed by atoms with Crippen molar-refractivity contribution in [1.82, 2.24) is 0 Å². The lowest BCUT2D eigenvalue weighted by molar-refractivity contribution is -0.126. The first kappa shape index (κ1) is 32.4. The van der Waals surface area contributed by atoms with Crippen molar-refractivity contribution in [2.24, 2.45) is 52.3 Å². The monoisotopic (exact) mass is 610 g/mol. The fraction of sp³-hybridized carbons (Fsp3) is 0.643. The molecule has 9 atom stereocenters. The number of allylic oxidation sites excluding steroid dienone is 1. The maximum Gasteiger partial charge on any atom is 0.185 e. The van der Waals surface area contributed by atoms with Crippen LogP contribution < -0.4 is 4.74 Å². The van der Waals surface area contributed by atoms with Gasteiger partial charge in [0.15, 0.2) is 5.78 Å². The summed E-state index contributed by atoms with van der Waals surface area (Å²) in [5.74, 6) is 7.26. The first-order chi connectivity index (χ1) is 21.6. The van der Waals surface area contributed by atoms with Crippen LogP contribution in [0.2, 0.25) is 0 Å². The quantitative estimate of drug-likeness (QED) is 0.215. The van der Waals surface area contributed by atoms with Gasteiger partial charge in [-0.05, 0) is 158 Å². The SMILES string of the molecule is CC(C)CCC[C@@H](C)[C@H]1CC[C@H]2[C@@H]3CCC4CC(Oc5ccc(C=CC(=O)c6ccc(O)cc6)cc5)CC[C@]4(C)[C@H]3CC[C@]12C. The Morgan fingerprint density at radius 1 is 0.867 bits per heavy atom. The highest BCUT2D eigenvalue weighted by atomic mass is 16.5. The van der Waals surface area contributed by atoms with Crippen LogP contribution in [0.25, 0.3) is 6.08 Å². The topological polar surface area (TPSA) is 46.5 Å². The zero-order valence-electron chi connectivity index (χ0n) is 28.6. The van der Waals surface area contributed by atoms with Gasteiger partial charge in [-0.3, -0.25) is 4.79 Å². The molecule has 244 valence electrons. The molecule has 2 unspecified atom stereocenters. The number of rotatable bonds is 10. The molecule has 0 aliphatic heterocycles. The minimum absolute atomic E-state index is 0.0719. The molecule has 2 aromatic rings. The number of phenolic OH excluding ortho intramolecular Hbond substituents is 1. The Kier molecular flexibility index (Phi) is 9.56. The number of aromatic hydroxyl groups is 1. The molecular weight excluding hydrogens is 552 g/mol. The molecule has 0 heterocycles. The molecular formula is C42H58O3. The number of ether oxygens (including phenoxy) is 1. The molecule has 3 nitrogen and oxygen atoms in total. The van der Waals surface area contributed by atoms with Gasteiger partial charge in [0.1, 0.15) is 11.5 Å². The fourth-order valence-corrected chi connectivity index (χ4v) is 11.1. The summed E-state index contributed by atoms with van der Waals surface area (Å²) in [5.41, 5.74) is 2.60. The Morgan fingerprint density at radius 2 is 1.58 bits per heavy atom. The summed E-state index contributed by atoms with van der Waals surface area (Å²) in [4.78, 5) is 12.5. The predicted molar refractivity (Wildman–Crippen MR) is 185 cm³/mol. The van der Waals surface area contributed by atoms with Crippen molar-refractivity contribution in [3.63, 3.8) is 0 Å². The van der Waals surface area contributed by atoms with Crippen LogP contribution in [-0.2, 0) is 0 Å². The molecule has 6 rings (SSSR count). The number of carbonyl (C=O) groups excluding carboxylic acids is 1. The Labute approximate surface area is 273 Å². The predicted octanol–water partition coefficient (Wildman–Crippen LogP) is 11.2. The Hall–Kier alpha value is -2.55. The zero-order chi connectivity index (χ0) is 31.8. The number of benzene rings is 2. The van der Waals surface area contributed by atoms with Crippen molar-refractivity contribution in [1.29, 1.82) is 0 Å². The summed E-state index contributed by atoms with van der Waals surface area (Å²) < 4.78 is 6.60. The lowest BCUT2D eigenvalue weighted by Crippen LogP contribution is -2.54. The number of phenols is 1. The van der Waals surface area contributed by atoms with Gasteiger partial charge in [0, 0.05) is 5.56 Å². The third-order valence-corrected chi connectivity index (χ3v) is 13.6. The summed E-state index contributed by atoms with van der Waals surface area (Å²) in [6, 6.07) is 14.5. The van der Waals surface area contributed by atoms with E-state index in [2.05, 4.69) is 46.8 Å². The van der Waals surface area contributed by atoms with Crippen molar-refractivity contribution in [3.8, 4) is 11.5 Å². The molecule has 1 N–H and O–H groups in total. The van der Waals surface area contributed by atoms with Crippen LogP contribution in [0.1, 0.15) is 128 Å². The van der Waals surface area contributed by atoms with Crippen molar-refractivity contribution in [3.05, 3.63) is 65.7 Å². The molecule has 0 saturated heterocycles. The van der Waals surface area contributed by atoms with Gasteiger partial charge in [0.2, 0.25) is 0 Å². The molecule has 3 heteroatoms. The van der Waals surface area contributed by atoms with E-state index < -0.39 is 0 Å². The molecule has 0 bridgehead atoms. The number of hydrogen-bond acceptors (Lipinski definition) is 3. The van der Waals surface area contributed by atoms with E-state index in [9.17, 15) is 9.90 Å². The van der Waals surface area contributed by atoms with Crippen molar-refractivity contribution < 1.29 is 14.6 Å². The average Bonchev–Trinajstić information content (AvgIpc) is 3.38. The Balaban J connectivity index is 1.03. The second-order valence-electron chi connectivity index (χ2n) is 16.5. The molecule has 4 fully saturated rings. The van der Waals surface area contributed by atoms with Crippen molar-refractivity contribution in [2.45, 2.75) is 118 Å². The van der Waals surface area contributed by atoms with E-state index in [0.717, 1.165) is 59.2 Å². The highest BCUT2D eigenvalue weighted by Crippen LogP contribution is 2.68. The normalized spacial score (nSPS) is 35.1. The van der Waals surface area contributed by atoms with Crippen molar-refractivity contribution in [2.75, 3.05) is 0 Å². The van der Waals surface area contributed by atoms with Crippen LogP contribution in [0, 0.1) is 52.3 Å².